The molecule has 0 spiro atoms. The standard InChI is InChI=1S/C17H13F5N2O2/c1-26-14-9(7-23)3-2-4-12(14)24-8-10(17(20,21)22)13-11(24)5-6-16(18,19)15(13)25/h2-4,8,15,25H,5-6H2,1H3. The average Bonchev–Trinajstić information content (AvgIpc) is 2.97. The molecule has 1 aromatic carbocycles. The van der Waals surface area contributed by atoms with Gasteiger partial charge in [0.1, 0.15) is 12.2 Å². The third kappa shape index (κ3) is 2.70. The highest BCUT2D eigenvalue weighted by Crippen LogP contribution is 2.48. The molecular weight excluding hydrogens is 359 g/mol. The second-order valence-corrected chi connectivity index (χ2v) is 5.90. The van der Waals surface area contributed by atoms with Gasteiger partial charge in [0.05, 0.1) is 23.9 Å². The molecule has 0 amide bonds. The number of aromatic nitrogens is 1. The van der Waals surface area contributed by atoms with Crippen LogP contribution in [0.3, 0.4) is 0 Å². The molecule has 1 aliphatic rings. The highest BCUT2D eigenvalue weighted by molar-refractivity contribution is 5.59. The summed E-state index contributed by atoms with van der Waals surface area (Å²) in [5, 5.41) is 19.0. The summed E-state index contributed by atoms with van der Waals surface area (Å²) in [7, 11) is 1.25. The second kappa shape index (κ2) is 5.99. The van der Waals surface area contributed by atoms with Crippen molar-refractivity contribution in [2.45, 2.75) is 31.0 Å². The SMILES string of the molecule is COc1c(C#N)cccc1-n1cc(C(F)(F)F)c2c1CCC(F)(F)C2O. The minimum Gasteiger partial charge on any atom is -0.493 e. The van der Waals surface area contributed by atoms with Crippen LogP contribution in [-0.4, -0.2) is 22.7 Å². The van der Waals surface area contributed by atoms with Crippen LogP contribution in [0.2, 0.25) is 0 Å². The summed E-state index contributed by atoms with van der Waals surface area (Å²) < 4.78 is 74.1. The van der Waals surface area contributed by atoms with E-state index < -0.39 is 35.8 Å². The summed E-state index contributed by atoms with van der Waals surface area (Å²) in [5.41, 5.74) is -2.05. The molecule has 26 heavy (non-hydrogen) atoms. The summed E-state index contributed by atoms with van der Waals surface area (Å²) >= 11 is 0. The number of rotatable bonds is 2. The highest BCUT2D eigenvalue weighted by Gasteiger charge is 2.50. The number of nitriles is 1. The van der Waals surface area contributed by atoms with Crippen molar-refractivity contribution in [3.63, 3.8) is 0 Å². The van der Waals surface area contributed by atoms with Gasteiger partial charge in [-0.3, -0.25) is 0 Å². The van der Waals surface area contributed by atoms with Gasteiger partial charge in [-0.1, -0.05) is 6.07 Å². The second-order valence-electron chi connectivity index (χ2n) is 5.90. The van der Waals surface area contributed by atoms with Crippen LogP contribution in [-0.2, 0) is 12.6 Å². The number of ether oxygens (including phenoxy) is 1. The molecule has 1 N–H and O–H groups in total. The van der Waals surface area contributed by atoms with Gasteiger partial charge in [-0.25, -0.2) is 8.78 Å². The maximum atomic E-state index is 13.8. The fraction of sp³-hybridized carbons (Fsp3) is 0.353. The van der Waals surface area contributed by atoms with Gasteiger partial charge in [0.2, 0.25) is 0 Å². The highest BCUT2D eigenvalue weighted by atomic mass is 19.4. The normalized spacial score (nSPS) is 18.9. The Kier molecular flexibility index (Phi) is 4.19. The molecule has 9 heteroatoms. The topological polar surface area (TPSA) is 58.2 Å². The molecule has 1 aliphatic carbocycles. The number of nitrogens with zero attached hydrogens (tertiary/aromatic N) is 2. The number of hydrogen-bond acceptors (Lipinski definition) is 3. The van der Waals surface area contributed by atoms with Crippen molar-refractivity contribution in [1.29, 1.82) is 5.26 Å². The molecule has 0 radical (unpaired) electrons. The molecule has 138 valence electrons. The Morgan fingerprint density at radius 2 is 2.04 bits per heavy atom. The predicted octanol–water partition coefficient (Wildman–Crippen LogP) is 3.99. The van der Waals surface area contributed by atoms with Gasteiger partial charge >= 0.3 is 6.18 Å². The first-order valence-electron chi connectivity index (χ1n) is 7.56. The lowest BCUT2D eigenvalue weighted by Crippen LogP contribution is -2.33. The van der Waals surface area contributed by atoms with Gasteiger partial charge in [-0.2, -0.15) is 18.4 Å². The van der Waals surface area contributed by atoms with Crippen molar-refractivity contribution in [3.8, 4) is 17.5 Å². The minimum absolute atomic E-state index is 0.0216. The third-order valence-corrected chi connectivity index (χ3v) is 4.40. The van der Waals surface area contributed by atoms with Crippen LogP contribution >= 0.6 is 0 Å². The molecule has 1 atom stereocenters. The van der Waals surface area contributed by atoms with Gasteiger partial charge in [0.15, 0.2) is 5.75 Å². The average molecular weight is 372 g/mol. The van der Waals surface area contributed by atoms with Crippen LogP contribution in [0.1, 0.15) is 34.9 Å². The Morgan fingerprint density at radius 1 is 1.35 bits per heavy atom. The maximum Gasteiger partial charge on any atom is 0.418 e. The molecular formula is C17H13F5N2O2. The van der Waals surface area contributed by atoms with Crippen molar-refractivity contribution < 1.29 is 31.8 Å². The van der Waals surface area contributed by atoms with Crippen molar-refractivity contribution in [2.75, 3.05) is 7.11 Å². The van der Waals surface area contributed by atoms with Gasteiger partial charge in [-0.05, 0) is 18.6 Å². The molecule has 0 fully saturated rings. The zero-order chi connectivity index (χ0) is 19.3. The number of alkyl halides is 5. The number of aliphatic hydroxyl groups excluding tert-OH is 1. The van der Waals surface area contributed by atoms with Crippen LogP contribution < -0.4 is 4.74 Å². The number of para-hydroxylation sites is 1. The first kappa shape index (κ1) is 18.2. The van der Waals surface area contributed by atoms with E-state index in [1.807, 2.05) is 6.07 Å². The van der Waals surface area contributed by atoms with E-state index in [4.69, 9.17) is 10.00 Å². The predicted molar refractivity (Wildman–Crippen MR) is 80.3 cm³/mol. The van der Waals surface area contributed by atoms with E-state index in [0.717, 1.165) is 4.57 Å². The molecule has 0 saturated carbocycles. The lowest BCUT2D eigenvalue weighted by molar-refractivity contribution is -0.147. The lowest BCUT2D eigenvalue weighted by Gasteiger charge is -2.29. The van der Waals surface area contributed by atoms with Crippen LogP contribution in [0, 0.1) is 11.3 Å². The first-order valence-corrected chi connectivity index (χ1v) is 7.56. The van der Waals surface area contributed by atoms with E-state index in [0.29, 0.717) is 6.20 Å². The van der Waals surface area contributed by atoms with Gasteiger partial charge in [0, 0.05) is 23.9 Å². The number of aliphatic hydroxyl groups is 1. The zero-order valence-corrected chi connectivity index (χ0v) is 13.4. The molecule has 1 aromatic heterocycles. The molecule has 0 bridgehead atoms. The minimum atomic E-state index is -4.93. The summed E-state index contributed by atoms with van der Waals surface area (Å²) in [5.74, 6) is -3.63. The Hall–Kier alpha value is -2.60. The molecule has 0 saturated heterocycles. The van der Waals surface area contributed by atoms with Crippen LogP contribution in [0.25, 0.3) is 5.69 Å². The molecule has 1 unspecified atom stereocenters. The fourth-order valence-corrected chi connectivity index (χ4v) is 3.21. The van der Waals surface area contributed by atoms with Crippen LogP contribution in [0.5, 0.6) is 5.75 Å². The van der Waals surface area contributed by atoms with Gasteiger partial charge in [-0.15, -0.1) is 0 Å². The summed E-state index contributed by atoms with van der Waals surface area (Å²) in [6.45, 7) is 0. The largest absolute Gasteiger partial charge is 0.493 e. The van der Waals surface area contributed by atoms with Crippen molar-refractivity contribution in [1.82, 2.24) is 4.57 Å². The number of fused-ring (bicyclic) bond motifs is 1. The summed E-state index contributed by atoms with van der Waals surface area (Å²) in [6.07, 6.45) is -7.98. The van der Waals surface area contributed by atoms with E-state index in [2.05, 4.69) is 0 Å². The molecule has 2 aromatic rings. The molecule has 4 nitrogen and oxygen atoms in total. The number of methoxy groups -OCH3 is 1. The quantitative estimate of drug-likeness (QED) is 0.811. The van der Waals surface area contributed by atoms with E-state index >= 15 is 0 Å². The van der Waals surface area contributed by atoms with E-state index in [-0.39, 0.29) is 29.1 Å². The smallest absolute Gasteiger partial charge is 0.418 e. The van der Waals surface area contributed by atoms with Gasteiger partial charge in [0.25, 0.3) is 5.92 Å². The monoisotopic (exact) mass is 372 g/mol. The van der Waals surface area contributed by atoms with Crippen molar-refractivity contribution in [3.05, 3.63) is 46.8 Å². The number of hydrogen-bond donors (Lipinski definition) is 1. The Labute approximate surface area is 145 Å². The summed E-state index contributed by atoms with van der Waals surface area (Å²) in [4.78, 5) is 0. The molecule has 1 heterocycles. The Balaban J connectivity index is 2.32. The molecule has 0 aliphatic heterocycles. The van der Waals surface area contributed by atoms with E-state index in [1.165, 1.54) is 25.3 Å². The maximum absolute atomic E-state index is 13.8. The number of benzene rings is 1. The van der Waals surface area contributed by atoms with Crippen LogP contribution in [0.15, 0.2) is 24.4 Å². The van der Waals surface area contributed by atoms with E-state index in [1.54, 1.807) is 0 Å². The first-order chi connectivity index (χ1) is 12.1. The fourth-order valence-electron chi connectivity index (χ4n) is 3.21. The van der Waals surface area contributed by atoms with Crippen molar-refractivity contribution in [2.24, 2.45) is 0 Å². The zero-order valence-electron chi connectivity index (χ0n) is 13.4. The van der Waals surface area contributed by atoms with Crippen LogP contribution in [0.4, 0.5) is 22.0 Å². The number of halogens is 5. The van der Waals surface area contributed by atoms with E-state index in [9.17, 15) is 27.1 Å². The van der Waals surface area contributed by atoms with Gasteiger partial charge < -0.3 is 14.4 Å². The Bertz CT molecular complexity index is 896. The lowest BCUT2D eigenvalue weighted by atomic mass is 9.89. The van der Waals surface area contributed by atoms with Crippen molar-refractivity contribution >= 4 is 0 Å². The molecule has 3 rings (SSSR count). The summed E-state index contributed by atoms with van der Waals surface area (Å²) in [6, 6.07) is 6.15. The third-order valence-electron chi connectivity index (χ3n) is 4.40. The Morgan fingerprint density at radius 3 is 2.62 bits per heavy atom.